The molecule has 0 aliphatic carbocycles. The average Bonchev–Trinajstić information content (AvgIpc) is 3.03. The van der Waals surface area contributed by atoms with Crippen LogP contribution in [-0.4, -0.2) is 0 Å². The second kappa shape index (κ2) is 4.73. The fourth-order valence-electron chi connectivity index (χ4n) is 1.75. The number of thiophene rings is 2. The van der Waals surface area contributed by atoms with Gasteiger partial charge in [-0.25, -0.2) is 0 Å². The molecule has 0 saturated carbocycles. The third kappa shape index (κ3) is 2.21. The molecule has 0 N–H and O–H groups in total. The SMILES string of the molecule is Cc1ccc(-c2cccs2)pc1-c1cccs1. The molecule has 0 saturated heterocycles. The van der Waals surface area contributed by atoms with Gasteiger partial charge < -0.3 is 0 Å². The van der Waals surface area contributed by atoms with Gasteiger partial charge in [0.1, 0.15) is 0 Å². The van der Waals surface area contributed by atoms with Crippen LogP contribution in [0.5, 0.6) is 0 Å². The third-order valence-electron chi connectivity index (χ3n) is 2.63. The first-order valence-corrected chi connectivity index (χ1v) is 8.05. The Kier molecular flexibility index (Phi) is 3.11. The molecule has 0 aliphatic heterocycles. The predicted octanol–water partition coefficient (Wildman–Crippen LogP) is 6.03. The maximum Gasteiger partial charge on any atom is 0.0391 e. The van der Waals surface area contributed by atoms with E-state index < -0.39 is 0 Å². The molecule has 17 heavy (non-hydrogen) atoms. The van der Waals surface area contributed by atoms with Gasteiger partial charge in [-0.3, -0.25) is 0 Å². The Labute approximate surface area is 111 Å². The molecule has 84 valence electrons. The first-order chi connectivity index (χ1) is 8.34. The number of hydrogen-bond donors (Lipinski definition) is 0. The number of rotatable bonds is 2. The van der Waals surface area contributed by atoms with Crippen LogP contribution >= 0.6 is 30.9 Å². The van der Waals surface area contributed by atoms with Crippen molar-refractivity contribution in [2.24, 2.45) is 0 Å². The monoisotopic (exact) mass is 274 g/mol. The van der Waals surface area contributed by atoms with Crippen molar-refractivity contribution in [3.8, 4) is 20.3 Å². The highest BCUT2D eigenvalue weighted by molar-refractivity contribution is 7.40. The maximum atomic E-state index is 2.25. The van der Waals surface area contributed by atoms with Crippen LogP contribution in [0.4, 0.5) is 0 Å². The molecule has 3 aromatic rings. The molecule has 3 heterocycles. The third-order valence-corrected chi connectivity index (χ3v) is 6.17. The van der Waals surface area contributed by atoms with Crippen LogP contribution in [0.15, 0.2) is 47.2 Å². The summed E-state index contributed by atoms with van der Waals surface area (Å²) in [5.41, 5.74) is 1.38. The molecule has 0 unspecified atom stereocenters. The van der Waals surface area contributed by atoms with E-state index in [9.17, 15) is 0 Å². The highest BCUT2D eigenvalue weighted by Crippen LogP contribution is 2.41. The first kappa shape index (κ1) is 11.2. The topological polar surface area (TPSA) is 0 Å². The quantitative estimate of drug-likeness (QED) is 0.535. The molecule has 0 nitrogen and oxygen atoms in total. The Morgan fingerprint density at radius 3 is 2.24 bits per heavy atom. The minimum Gasteiger partial charge on any atom is -0.143 e. The minimum absolute atomic E-state index is 1.33. The van der Waals surface area contributed by atoms with Crippen LogP contribution in [0, 0.1) is 6.92 Å². The van der Waals surface area contributed by atoms with Crippen LogP contribution in [-0.2, 0) is 0 Å². The van der Waals surface area contributed by atoms with Crippen molar-refractivity contribution in [3.63, 3.8) is 0 Å². The molecule has 0 fully saturated rings. The molecule has 0 radical (unpaired) electrons. The van der Waals surface area contributed by atoms with E-state index >= 15 is 0 Å². The summed E-state index contributed by atoms with van der Waals surface area (Å²) in [5, 5.41) is 7.15. The molecule has 3 aromatic heterocycles. The normalized spacial score (nSPS) is 11.1. The zero-order valence-corrected chi connectivity index (χ0v) is 11.9. The van der Waals surface area contributed by atoms with Crippen molar-refractivity contribution in [1.82, 2.24) is 0 Å². The standard InChI is InChI=1S/C14H11PS2/c1-10-6-7-11(12-4-2-8-16-12)15-14(10)13-5-3-9-17-13/h2-9H,1H3. The van der Waals surface area contributed by atoms with Crippen LogP contribution in [0.2, 0.25) is 0 Å². The Morgan fingerprint density at radius 1 is 0.882 bits per heavy atom. The lowest BCUT2D eigenvalue weighted by molar-refractivity contribution is 1.53. The smallest absolute Gasteiger partial charge is 0.0391 e. The molecule has 3 heteroatoms. The van der Waals surface area contributed by atoms with Crippen molar-refractivity contribution in [3.05, 3.63) is 52.7 Å². The van der Waals surface area contributed by atoms with E-state index in [4.69, 9.17) is 0 Å². The van der Waals surface area contributed by atoms with Crippen molar-refractivity contribution >= 4 is 30.9 Å². The fourth-order valence-corrected chi connectivity index (χ4v) is 4.74. The summed E-state index contributed by atoms with van der Waals surface area (Å²) in [6.45, 7) is 2.20. The van der Waals surface area contributed by atoms with E-state index in [1.54, 1.807) is 0 Å². The van der Waals surface area contributed by atoms with E-state index in [1.165, 1.54) is 34.1 Å². The van der Waals surface area contributed by atoms with Crippen LogP contribution in [0.3, 0.4) is 0 Å². The maximum absolute atomic E-state index is 2.25. The molecule has 0 aromatic carbocycles. The summed E-state index contributed by atoms with van der Waals surface area (Å²) in [7, 11) is 1.33. The van der Waals surface area contributed by atoms with E-state index in [0.29, 0.717) is 0 Å². The average molecular weight is 274 g/mol. The van der Waals surface area contributed by atoms with Crippen molar-refractivity contribution < 1.29 is 0 Å². The first-order valence-electron chi connectivity index (χ1n) is 5.40. The molecule has 0 aliphatic rings. The predicted molar refractivity (Wildman–Crippen MR) is 80.3 cm³/mol. The van der Waals surface area contributed by atoms with Crippen molar-refractivity contribution in [1.29, 1.82) is 0 Å². The van der Waals surface area contributed by atoms with Gasteiger partial charge in [-0.2, -0.15) is 0 Å². The van der Waals surface area contributed by atoms with Gasteiger partial charge in [0.15, 0.2) is 0 Å². The van der Waals surface area contributed by atoms with Crippen molar-refractivity contribution in [2.75, 3.05) is 0 Å². The minimum atomic E-state index is 1.33. The highest BCUT2D eigenvalue weighted by atomic mass is 32.1. The van der Waals surface area contributed by atoms with E-state index in [0.717, 1.165) is 0 Å². The van der Waals surface area contributed by atoms with Gasteiger partial charge in [-0.05, 0) is 41.4 Å². The number of aryl methyl sites for hydroxylation is 1. The fraction of sp³-hybridized carbons (Fsp3) is 0.0714. The van der Waals surface area contributed by atoms with E-state index in [-0.39, 0.29) is 0 Å². The lowest BCUT2D eigenvalue weighted by atomic mass is 10.2. The Hall–Kier alpha value is -0.950. The Balaban J connectivity index is 2.13. The van der Waals surface area contributed by atoms with Gasteiger partial charge in [0, 0.05) is 20.3 Å². The molecular weight excluding hydrogens is 263 g/mol. The summed E-state index contributed by atoms with van der Waals surface area (Å²) >= 11 is 3.64. The molecule has 0 amide bonds. The molecule has 3 rings (SSSR count). The van der Waals surface area contributed by atoms with Gasteiger partial charge in [-0.1, -0.05) is 26.4 Å². The Morgan fingerprint density at radius 2 is 1.59 bits per heavy atom. The summed E-state index contributed by atoms with van der Waals surface area (Å²) < 4.78 is 0. The summed E-state index contributed by atoms with van der Waals surface area (Å²) in [4.78, 5) is 2.77. The van der Waals surface area contributed by atoms with Crippen LogP contribution in [0.1, 0.15) is 5.56 Å². The zero-order chi connectivity index (χ0) is 11.7. The highest BCUT2D eigenvalue weighted by Gasteiger charge is 2.07. The molecule has 0 spiro atoms. The molecular formula is C14H11PS2. The lowest BCUT2D eigenvalue weighted by Gasteiger charge is -2.05. The molecule has 0 bridgehead atoms. The summed E-state index contributed by atoms with van der Waals surface area (Å²) in [5.74, 6) is 0. The van der Waals surface area contributed by atoms with Gasteiger partial charge in [0.25, 0.3) is 0 Å². The second-order valence-electron chi connectivity index (χ2n) is 3.82. The van der Waals surface area contributed by atoms with E-state index in [1.807, 2.05) is 22.7 Å². The second-order valence-corrected chi connectivity index (χ2v) is 6.86. The van der Waals surface area contributed by atoms with Crippen LogP contribution < -0.4 is 0 Å². The summed E-state index contributed by atoms with van der Waals surface area (Å²) in [6.07, 6.45) is 0. The van der Waals surface area contributed by atoms with Gasteiger partial charge in [0.2, 0.25) is 0 Å². The van der Waals surface area contributed by atoms with Gasteiger partial charge in [0.05, 0.1) is 0 Å². The van der Waals surface area contributed by atoms with Crippen molar-refractivity contribution in [2.45, 2.75) is 6.92 Å². The molecule has 0 atom stereocenters. The zero-order valence-electron chi connectivity index (χ0n) is 9.38. The Bertz CT molecular complexity index is 610. The van der Waals surface area contributed by atoms with Gasteiger partial charge >= 0.3 is 0 Å². The van der Waals surface area contributed by atoms with E-state index in [2.05, 4.69) is 54.1 Å². The lowest BCUT2D eigenvalue weighted by Crippen LogP contribution is -1.76. The summed E-state index contributed by atoms with van der Waals surface area (Å²) in [6, 6.07) is 13.1. The number of hydrogen-bond acceptors (Lipinski definition) is 2. The van der Waals surface area contributed by atoms with Gasteiger partial charge in [-0.15, -0.1) is 22.7 Å². The largest absolute Gasteiger partial charge is 0.143 e. The van der Waals surface area contributed by atoms with Crippen LogP contribution in [0.25, 0.3) is 20.3 Å².